The van der Waals surface area contributed by atoms with Gasteiger partial charge >= 0.3 is 0 Å². The highest BCUT2D eigenvalue weighted by molar-refractivity contribution is 3.36. The largest absolute Gasteiger partial charge is 0.193 e. The molecule has 0 unspecified atom stereocenters. The Hall–Kier alpha value is -0.190. The third-order valence-electron chi connectivity index (χ3n) is 0.0445. The zero-order chi connectivity index (χ0) is 3.41. The van der Waals surface area contributed by atoms with E-state index in [1.54, 1.807) is 0 Å². The van der Waals surface area contributed by atoms with Crippen LogP contribution in [0.15, 0.2) is 0 Å². The summed E-state index contributed by atoms with van der Waals surface area (Å²) in [6.45, 7) is 0. The molecule has 0 heterocycles. The fourth-order valence-corrected chi connectivity index (χ4v) is 0. The Bertz CT molecular complexity index is 8.00. The van der Waals surface area contributed by atoms with E-state index in [0.29, 0.717) is 5.70 Å². The van der Waals surface area contributed by atoms with Crippen LogP contribution in [0, 0.1) is 0 Å². The van der Waals surface area contributed by atoms with Crippen molar-refractivity contribution in [1.29, 1.82) is 0 Å². The summed E-state index contributed by atoms with van der Waals surface area (Å²) in [7, 11) is 0. The quantitative estimate of drug-likeness (QED) is 0.313. The summed E-state index contributed by atoms with van der Waals surface area (Å²) in [5.41, 5.74) is 0.708. The van der Waals surface area contributed by atoms with Gasteiger partial charge < -0.3 is 0 Å². The van der Waals surface area contributed by atoms with Crippen LogP contribution in [0.3, 0.4) is 0 Å². The van der Waals surface area contributed by atoms with E-state index in [1.807, 2.05) is 0 Å². The molecular formula is H3FN2O. The molecule has 4 heavy (non-hydrogen) atoms. The fourth-order valence-electron chi connectivity index (χ4n) is 0. The van der Waals surface area contributed by atoms with Crippen molar-refractivity contribution >= 4 is 0 Å². The second-order valence-electron chi connectivity index (χ2n) is 0.195. The topological polar surface area (TPSA) is 47.3 Å². The van der Waals surface area contributed by atoms with Crippen molar-refractivity contribution in [2.45, 2.75) is 0 Å². The summed E-state index contributed by atoms with van der Waals surface area (Å²) in [6.07, 6.45) is 0. The van der Waals surface area contributed by atoms with Gasteiger partial charge in [0.05, 0.1) is 0 Å². The van der Waals surface area contributed by atoms with E-state index in [9.17, 15) is 4.48 Å². The number of rotatable bonds is 1. The highest BCUT2D eigenvalue weighted by Gasteiger charge is 1.51. The predicted octanol–water partition coefficient (Wildman–Crippen LogP) is -0.734. The molecule has 26 valence electrons. The van der Waals surface area contributed by atoms with Crippen LogP contribution < -0.4 is 11.6 Å². The van der Waals surface area contributed by atoms with Crippen LogP contribution in [0.4, 0.5) is 4.48 Å². The molecule has 0 radical (unpaired) electrons. The number of nitrogens with two attached hydrogens (primary N) is 1. The number of halogens is 1. The Balaban J connectivity index is 1.97. The molecule has 0 saturated carbocycles. The van der Waals surface area contributed by atoms with Gasteiger partial charge in [-0.15, -0.1) is 4.48 Å². The van der Waals surface area contributed by atoms with E-state index in [2.05, 4.69) is 10.8 Å². The van der Waals surface area contributed by atoms with E-state index < -0.39 is 0 Å². The summed E-state index contributed by atoms with van der Waals surface area (Å²) in [5.74, 6) is 4.04. The Labute approximate surface area is 22.4 Å². The lowest BCUT2D eigenvalue weighted by Crippen LogP contribution is -2.07. The molecule has 0 aliphatic rings. The maximum Gasteiger partial charge on any atom is -0.0160 e. The van der Waals surface area contributed by atoms with Gasteiger partial charge in [0.15, 0.2) is 0 Å². The van der Waals surface area contributed by atoms with E-state index in [1.165, 1.54) is 0 Å². The Morgan fingerprint density at radius 1 is 2.00 bits per heavy atom. The zero-order valence-electron chi connectivity index (χ0n) is 1.86. The maximum absolute atomic E-state index is 10.1. The second kappa shape index (κ2) is 2.81. The lowest BCUT2D eigenvalue weighted by Gasteiger charge is -1.74. The lowest BCUT2D eigenvalue weighted by atomic mass is 13.2. The molecule has 0 aromatic rings. The van der Waals surface area contributed by atoms with E-state index in [0.717, 1.165) is 0 Å². The highest BCUT2D eigenvalue weighted by Crippen LogP contribution is 1.36. The van der Waals surface area contributed by atoms with Crippen molar-refractivity contribution in [3.63, 3.8) is 0 Å². The van der Waals surface area contributed by atoms with Crippen LogP contribution in [0.2, 0.25) is 0 Å². The van der Waals surface area contributed by atoms with Gasteiger partial charge in [0, 0.05) is 0 Å². The third kappa shape index (κ3) is 1.81. The fraction of sp³-hybridized carbons (Fsp3) is 0. The molecule has 0 aromatic carbocycles. The first-order valence-corrected chi connectivity index (χ1v) is 0.629. The minimum atomic E-state index is 0.708. The summed E-state index contributed by atoms with van der Waals surface area (Å²) in [5, 5.41) is 0. The summed E-state index contributed by atoms with van der Waals surface area (Å²) >= 11 is 0. The molecule has 0 amide bonds. The average molecular weight is 66.0 g/mol. The number of hydrogen-bond donors (Lipinski definition) is 2. The van der Waals surface area contributed by atoms with E-state index >= 15 is 0 Å². The Morgan fingerprint density at radius 3 is 2.25 bits per heavy atom. The molecule has 0 rings (SSSR count). The molecule has 0 spiro atoms. The molecule has 3 nitrogen and oxygen atoms in total. The molecule has 0 fully saturated rings. The number of hydrogen-bond acceptors (Lipinski definition) is 3. The van der Waals surface area contributed by atoms with Gasteiger partial charge in [-0.1, -0.05) is 0 Å². The molecule has 0 aliphatic carbocycles. The van der Waals surface area contributed by atoms with Crippen molar-refractivity contribution in [2.24, 2.45) is 5.90 Å². The van der Waals surface area contributed by atoms with Crippen molar-refractivity contribution in [2.75, 3.05) is 0 Å². The Kier molecular flexibility index (Phi) is 2.68. The maximum atomic E-state index is 10.1. The van der Waals surface area contributed by atoms with Crippen LogP contribution in [0.1, 0.15) is 0 Å². The van der Waals surface area contributed by atoms with E-state index in [-0.39, 0.29) is 0 Å². The van der Waals surface area contributed by atoms with Crippen LogP contribution in [-0.4, -0.2) is 0 Å². The normalized spacial score (nSPS) is 7.50. The second-order valence-corrected chi connectivity index (χ2v) is 0.195. The van der Waals surface area contributed by atoms with Crippen LogP contribution in [0.25, 0.3) is 0 Å². The molecule has 0 saturated heterocycles. The van der Waals surface area contributed by atoms with Gasteiger partial charge in [-0.3, -0.25) is 0 Å². The average Bonchev–Trinajstić information content (AvgIpc) is 1.37. The van der Waals surface area contributed by atoms with Gasteiger partial charge in [-0.25, -0.2) is 0 Å². The molecule has 0 atom stereocenters. The van der Waals surface area contributed by atoms with Gasteiger partial charge in [-0.2, -0.15) is 10.8 Å². The summed E-state index contributed by atoms with van der Waals surface area (Å²) in [6, 6.07) is 0. The summed E-state index contributed by atoms with van der Waals surface area (Å²) in [4.78, 5) is 3.12. The molecule has 0 aromatic heterocycles. The lowest BCUT2D eigenvalue weighted by molar-refractivity contribution is -0.0651. The van der Waals surface area contributed by atoms with Gasteiger partial charge in [0.1, 0.15) is 0 Å². The van der Waals surface area contributed by atoms with Crippen LogP contribution >= 0.6 is 0 Å². The molecule has 0 bridgehead atoms. The van der Waals surface area contributed by atoms with Crippen molar-refractivity contribution in [3.8, 4) is 0 Å². The summed E-state index contributed by atoms with van der Waals surface area (Å²) < 4.78 is 10.1. The van der Waals surface area contributed by atoms with Gasteiger partial charge in [0.2, 0.25) is 0 Å². The molecule has 3 N–H and O–H groups in total. The van der Waals surface area contributed by atoms with Crippen molar-refractivity contribution in [3.05, 3.63) is 0 Å². The van der Waals surface area contributed by atoms with Crippen LogP contribution in [-0.2, 0) is 4.94 Å². The first-order chi connectivity index (χ1) is 1.91. The minimum absolute atomic E-state index is 0.708. The standard InChI is InChI=1S/FH3N2O/c1-3-4-2/h3H,2H2. The molecular weight excluding hydrogens is 63.0 g/mol. The zero-order valence-corrected chi connectivity index (χ0v) is 1.86. The highest BCUT2D eigenvalue weighted by atomic mass is 19.2. The van der Waals surface area contributed by atoms with Gasteiger partial charge in [-0.05, 0) is 5.70 Å². The monoisotopic (exact) mass is 66.0 g/mol. The smallest absolute Gasteiger partial charge is 0.0160 e. The first-order valence-electron chi connectivity index (χ1n) is 0.629. The van der Waals surface area contributed by atoms with Crippen molar-refractivity contribution in [1.82, 2.24) is 5.70 Å². The minimum Gasteiger partial charge on any atom is -0.193 e. The predicted molar refractivity (Wildman–Crippen MR) is 9.52 cm³/mol. The van der Waals surface area contributed by atoms with Crippen LogP contribution in [0.5, 0.6) is 0 Å². The Morgan fingerprint density at radius 2 is 2.25 bits per heavy atom. The SMILES string of the molecule is NONF. The number of nitrogens with one attached hydrogen (secondary N) is 1. The molecule has 4 heteroatoms. The van der Waals surface area contributed by atoms with E-state index in [4.69, 9.17) is 0 Å². The molecule has 0 aliphatic heterocycles. The third-order valence-corrected chi connectivity index (χ3v) is 0.0445. The van der Waals surface area contributed by atoms with Gasteiger partial charge in [0.25, 0.3) is 0 Å². The first kappa shape index (κ1) is 3.81. The van der Waals surface area contributed by atoms with Crippen molar-refractivity contribution < 1.29 is 9.42 Å².